The van der Waals surface area contributed by atoms with Gasteiger partial charge in [0.2, 0.25) is 0 Å². The first kappa shape index (κ1) is 21.6. The lowest BCUT2D eigenvalue weighted by atomic mass is 9.60. The Labute approximate surface area is 174 Å². The van der Waals surface area contributed by atoms with Crippen molar-refractivity contribution < 1.29 is 0 Å². The summed E-state index contributed by atoms with van der Waals surface area (Å²) in [6, 6.07) is 9.69. The maximum atomic E-state index is 6.47. The van der Waals surface area contributed by atoms with Crippen molar-refractivity contribution in [1.29, 1.82) is 0 Å². The molecule has 2 N–H and O–H groups in total. The normalized spacial score (nSPS) is 25.2. The van der Waals surface area contributed by atoms with Crippen LogP contribution in [0.2, 0.25) is 0 Å². The van der Waals surface area contributed by atoms with Gasteiger partial charge < -0.3 is 5.73 Å². The first-order valence-electron chi connectivity index (χ1n) is 11.6. The average Bonchev–Trinajstić information content (AvgIpc) is 2.60. The van der Waals surface area contributed by atoms with Crippen LogP contribution >= 0.6 is 0 Å². The molecular formula is C27H43N. The third kappa shape index (κ3) is 4.73. The molecule has 28 heavy (non-hydrogen) atoms. The molecule has 2 fully saturated rings. The van der Waals surface area contributed by atoms with Crippen LogP contribution < -0.4 is 5.73 Å². The molecule has 2 aliphatic carbocycles. The van der Waals surface area contributed by atoms with Gasteiger partial charge in [-0.2, -0.15) is 0 Å². The van der Waals surface area contributed by atoms with Gasteiger partial charge in [-0.05, 0) is 73.3 Å². The zero-order chi connectivity index (χ0) is 20.6. The molecule has 2 aliphatic rings. The standard InChI is InChI=1S/C27H43N/c1-20(27(21(2)28)14-8-7-9-15-27)16-22-10-12-23(13-11-22)24-17-25(3,4)19-26(5,6)18-24/h10-13,21,24H,1,7-9,14-19,28H2,2-6H3. The van der Waals surface area contributed by atoms with Gasteiger partial charge in [-0.3, -0.25) is 0 Å². The Hall–Kier alpha value is -1.08. The minimum Gasteiger partial charge on any atom is -0.327 e. The van der Waals surface area contributed by atoms with Crippen LogP contribution in [0.3, 0.4) is 0 Å². The first-order chi connectivity index (χ1) is 13.0. The number of benzene rings is 1. The molecule has 1 atom stereocenters. The topological polar surface area (TPSA) is 26.0 Å². The Morgan fingerprint density at radius 2 is 1.54 bits per heavy atom. The highest BCUT2D eigenvalue weighted by Gasteiger charge is 2.39. The summed E-state index contributed by atoms with van der Waals surface area (Å²) in [7, 11) is 0. The van der Waals surface area contributed by atoms with E-state index in [2.05, 4.69) is 65.5 Å². The van der Waals surface area contributed by atoms with E-state index < -0.39 is 0 Å². The molecule has 0 saturated heterocycles. The molecular weight excluding hydrogens is 338 g/mol. The van der Waals surface area contributed by atoms with E-state index in [0.717, 1.165) is 6.42 Å². The van der Waals surface area contributed by atoms with E-state index in [1.54, 1.807) is 0 Å². The highest BCUT2D eigenvalue weighted by molar-refractivity contribution is 5.31. The molecule has 156 valence electrons. The van der Waals surface area contributed by atoms with E-state index in [1.165, 1.54) is 68.1 Å². The largest absolute Gasteiger partial charge is 0.327 e. The molecule has 1 aromatic carbocycles. The van der Waals surface area contributed by atoms with Gasteiger partial charge >= 0.3 is 0 Å². The third-order valence-corrected chi connectivity index (χ3v) is 7.75. The number of hydrogen-bond donors (Lipinski definition) is 1. The Balaban J connectivity index is 1.71. The fourth-order valence-electron chi connectivity index (χ4n) is 6.73. The predicted molar refractivity (Wildman–Crippen MR) is 123 cm³/mol. The van der Waals surface area contributed by atoms with Crippen LogP contribution in [0.5, 0.6) is 0 Å². The molecule has 2 saturated carbocycles. The summed E-state index contributed by atoms with van der Waals surface area (Å²) in [5.41, 5.74) is 11.8. The molecule has 1 heteroatoms. The van der Waals surface area contributed by atoms with Crippen LogP contribution in [0.15, 0.2) is 36.4 Å². The van der Waals surface area contributed by atoms with Crippen LogP contribution in [0.4, 0.5) is 0 Å². The van der Waals surface area contributed by atoms with E-state index in [1.807, 2.05) is 0 Å². The summed E-state index contributed by atoms with van der Waals surface area (Å²) < 4.78 is 0. The van der Waals surface area contributed by atoms with E-state index in [4.69, 9.17) is 5.73 Å². The summed E-state index contributed by atoms with van der Waals surface area (Å²) in [6.07, 6.45) is 11.3. The summed E-state index contributed by atoms with van der Waals surface area (Å²) in [5, 5.41) is 0. The maximum Gasteiger partial charge on any atom is 0.0104 e. The molecule has 0 aliphatic heterocycles. The summed E-state index contributed by atoms with van der Waals surface area (Å²) in [4.78, 5) is 0. The molecule has 0 heterocycles. The van der Waals surface area contributed by atoms with Gasteiger partial charge in [0.1, 0.15) is 0 Å². The predicted octanol–water partition coefficient (Wildman–Crippen LogP) is 7.40. The van der Waals surface area contributed by atoms with Crippen molar-refractivity contribution in [1.82, 2.24) is 0 Å². The highest BCUT2D eigenvalue weighted by Crippen LogP contribution is 2.51. The molecule has 0 aromatic heterocycles. The minimum absolute atomic E-state index is 0.147. The van der Waals surface area contributed by atoms with Crippen molar-refractivity contribution in [3.8, 4) is 0 Å². The maximum absolute atomic E-state index is 6.47. The molecule has 1 nitrogen and oxygen atoms in total. The lowest BCUT2D eigenvalue weighted by molar-refractivity contribution is 0.0969. The fourth-order valence-corrected chi connectivity index (χ4v) is 6.73. The van der Waals surface area contributed by atoms with E-state index in [-0.39, 0.29) is 11.5 Å². The summed E-state index contributed by atoms with van der Waals surface area (Å²) in [5.74, 6) is 0.685. The van der Waals surface area contributed by atoms with E-state index >= 15 is 0 Å². The second-order valence-electron chi connectivity index (χ2n) is 11.6. The van der Waals surface area contributed by atoms with E-state index in [0.29, 0.717) is 16.7 Å². The zero-order valence-corrected chi connectivity index (χ0v) is 19.1. The summed E-state index contributed by atoms with van der Waals surface area (Å²) >= 11 is 0. The lowest BCUT2D eigenvalue weighted by Crippen LogP contribution is -2.42. The Bertz CT molecular complexity index is 655. The van der Waals surface area contributed by atoms with Crippen molar-refractivity contribution >= 4 is 0 Å². The average molecular weight is 382 g/mol. The summed E-state index contributed by atoms with van der Waals surface area (Å²) in [6.45, 7) is 16.5. The molecule has 1 aromatic rings. The molecule has 0 radical (unpaired) electrons. The van der Waals surface area contributed by atoms with Gasteiger partial charge in [0.15, 0.2) is 0 Å². The first-order valence-corrected chi connectivity index (χ1v) is 11.6. The van der Waals surface area contributed by atoms with Crippen molar-refractivity contribution in [3.63, 3.8) is 0 Å². The van der Waals surface area contributed by atoms with Crippen LogP contribution in [-0.4, -0.2) is 6.04 Å². The van der Waals surface area contributed by atoms with Crippen molar-refractivity contribution in [2.45, 2.75) is 104 Å². The molecule has 0 spiro atoms. The Kier molecular flexibility index (Phi) is 6.16. The van der Waals surface area contributed by atoms with Gasteiger partial charge in [0, 0.05) is 11.5 Å². The van der Waals surface area contributed by atoms with Crippen LogP contribution in [0.25, 0.3) is 0 Å². The van der Waals surface area contributed by atoms with Crippen LogP contribution in [0, 0.1) is 16.2 Å². The fraction of sp³-hybridized carbons (Fsp3) is 0.704. The van der Waals surface area contributed by atoms with Crippen molar-refractivity contribution in [2.75, 3.05) is 0 Å². The Morgan fingerprint density at radius 1 is 1.00 bits per heavy atom. The van der Waals surface area contributed by atoms with Crippen molar-refractivity contribution in [2.24, 2.45) is 22.0 Å². The number of rotatable bonds is 5. The molecule has 0 bridgehead atoms. The third-order valence-electron chi connectivity index (χ3n) is 7.75. The quantitative estimate of drug-likeness (QED) is 0.528. The monoisotopic (exact) mass is 381 g/mol. The molecule has 1 unspecified atom stereocenters. The SMILES string of the molecule is C=C(Cc1ccc(C2CC(C)(C)CC(C)(C)C2)cc1)C1(C(C)N)CCCCC1. The zero-order valence-electron chi connectivity index (χ0n) is 19.1. The second-order valence-corrected chi connectivity index (χ2v) is 11.6. The molecule has 3 rings (SSSR count). The highest BCUT2D eigenvalue weighted by atomic mass is 14.7. The number of hydrogen-bond acceptors (Lipinski definition) is 1. The van der Waals surface area contributed by atoms with Crippen LogP contribution in [-0.2, 0) is 6.42 Å². The van der Waals surface area contributed by atoms with Gasteiger partial charge in [-0.25, -0.2) is 0 Å². The van der Waals surface area contributed by atoms with Crippen molar-refractivity contribution in [3.05, 3.63) is 47.5 Å². The van der Waals surface area contributed by atoms with Crippen LogP contribution in [0.1, 0.15) is 103 Å². The minimum atomic E-state index is 0.147. The molecule has 0 amide bonds. The van der Waals surface area contributed by atoms with E-state index in [9.17, 15) is 0 Å². The van der Waals surface area contributed by atoms with Gasteiger partial charge in [0.25, 0.3) is 0 Å². The van der Waals surface area contributed by atoms with Gasteiger partial charge in [-0.15, -0.1) is 0 Å². The smallest absolute Gasteiger partial charge is 0.0104 e. The van der Waals surface area contributed by atoms with Gasteiger partial charge in [0.05, 0.1) is 0 Å². The Morgan fingerprint density at radius 3 is 2.04 bits per heavy atom. The lowest BCUT2D eigenvalue weighted by Gasteiger charge is -2.45. The number of nitrogens with two attached hydrogens (primary N) is 1. The second kappa shape index (κ2) is 7.98. The van der Waals surface area contributed by atoms with Gasteiger partial charge in [-0.1, -0.05) is 83.4 Å².